The van der Waals surface area contributed by atoms with E-state index in [9.17, 15) is 27.6 Å². The molecule has 5 rings (SSSR count). The van der Waals surface area contributed by atoms with Crippen LogP contribution in [0.15, 0.2) is 53.3 Å². The van der Waals surface area contributed by atoms with E-state index in [1.165, 1.54) is 58.8 Å². The highest BCUT2D eigenvalue weighted by atomic mass is 35.5. The van der Waals surface area contributed by atoms with Crippen LogP contribution in [0.25, 0.3) is 5.82 Å². The van der Waals surface area contributed by atoms with Gasteiger partial charge in [0.1, 0.15) is 11.4 Å². The number of nitrogens with zero attached hydrogens (tertiary/aromatic N) is 5. The molecule has 0 unspecified atom stereocenters. The second-order valence-corrected chi connectivity index (χ2v) is 13.9. The van der Waals surface area contributed by atoms with Gasteiger partial charge in [-0.3, -0.25) is 19.1 Å². The molecule has 0 radical (unpaired) electrons. The quantitative estimate of drug-likeness (QED) is 0.283. The fourth-order valence-corrected chi connectivity index (χ4v) is 6.99. The number of fused-ring (bicyclic) bond motifs is 1. The van der Waals surface area contributed by atoms with Crippen molar-refractivity contribution in [2.24, 2.45) is 7.05 Å². The minimum Gasteiger partial charge on any atom is -0.406 e. The molecule has 2 amide bonds. The second-order valence-electron chi connectivity index (χ2n) is 10.7. The third-order valence-electron chi connectivity index (χ3n) is 7.56. The third-order valence-corrected chi connectivity index (χ3v) is 10.4. The van der Waals surface area contributed by atoms with Gasteiger partial charge in [0.2, 0.25) is 5.95 Å². The summed E-state index contributed by atoms with van der Waals surface area (Å²) in [6.07, 6.45) is -4.63. The highest BCUT2D eigenvalue weighted by molar-refractivity contribution is 6.74. The Morgan fingerprint density at radius 3 is 2.41 bits per heavy atom. The number of anilines is 1. The normalized spacial score (nSPS) is 15.2. The van der Waals surface area contributed by atoms with Crippen molar-refractivity contribution in [2.45, 2.75) is 38.8 Å². The average molecular weight is 695 g/mol. The van der Waals surface area contributed by atoms with Gasteiger partial charge in [-0.2, -0.15) is 5.10 Å². The van der Waals surface area contributed by atoms with Crippen LogP contribution in [0.2, 0.25) is 16.6 Å². The van der Waals surface area contributed by atoms with Crippen molar-refractivity contribution < 1.29 is 27.5 Å². The number of hydrogen-bond acceptors (Lipinski definition) is 7. The van der Waals surface area contributed by atoms with Gasteiger partial charge in [-0.1, -0.05) is 41.9 Å². The summed E-state index contributed by atoms with van der Waals surface area (Å²) in [5.74, 6) is -0.848. The Morgan fingerprint density at radius 1 is 1.09 bits per heavy atom. The van der Waals surface area contributed by atoms with Crippen LogP contribution in [-0.4, -0.2) is 64.5 Å². The lowest BCUT2D eigenvalue weighted by Gasteiger charge is -2.34. The van der Waals surface area contributed by atoms with Gasteiger partial charge in [0, 0.05) is 37.3 Å². The van der Waals surface area contributed by atoms with Gasteiger partial charge in [-0.05, 0) is 48.9 Å². The molecule has 0 spiro atoms. The summed E-state index contributed by atoms with van der Waals surface area (Å²) in [5.41, 5.74) is 0.841. The molecular weight excluding hydrogens is 666 g/mol. The van der Waals surface area contributed by atoms with Gasteiger partial charge in [0.25, 0.3) is 17.4 Å². The van der Waals surface area contributed by atoms with Crippen LogP contribution in [0, 0.1) is 0 Å². The summed E-state index contributed by atoms with van der Waals surface area (Å²) in [5, 5.41) is 8.18. The predicted octanol–water partition coefficient (Wildman–Crippen LogP) is 3.79. The highest BCUT2D eigenvalue weighted by Gasteiger charge is 2.33. The molecule has 4 aromatic rings. The van der Waals surface area contributed by atoms with Crippen LogP contribution in [0.3, 0.4) is 0 Å². The molecule has 11 nitrogen and oxygen atoms in total. The Kier molecular flexibility index (Phi) is 9.20. The van der Waals surface area contributed by atoms with E-state index in [0.29, 0.717) is 27.0 Å². The number of benzene rings is 2. The molecular formula is C29H28Cl2F3N7O4Si. The monoisotopic (exact) mass is 693 g/mol. The van der Waals surface area contributed by atoms with E-state index in [-0.39, 0.29) is 53.1 Å². The molecule has 2 N–H and O–H groups in total. The third kappa shape index (κ3) is 6.76. The minimum absolute atomic E-state index is 0.0193. The Balaban J connectivity index is 1.56. The van der Waals surface area contributed by atoms with E-state index in [4.69, 9.17) is 28.2 Å². The summed E-state index contributed by atoms with van der Waals surface area (Å²) in [6, 6.07) is 11.1. The fourth-order valence-electron chi connectivity index (χ4n) is 5.17. The lowest BCUT2D eigenvalue weighted by molar-refractivity contribution is -0.274. The number of aromatic nitrogens is 4. The maximum Gasteiger partial charge on any atom is 0.573 e. The van der Waals surface area contributed by atoms with Gasteiger partial charge in [0.05, 0.1) is 22.3 Å². The van der Waals surface area contributed by atoms with Crippen molar-refractivity contribution in [1.82, 2.24) is 29.5 Å². The number of aryl methyl sites for hydroxylation is 1. The Labute approximate surface area is 272 Å². The van der Waals surface area contributed by atoms with E-state index in [1.807, 2.05) is 13.5 Å². The van der Waals surface area contributed by atoms with Crippen molar-refractivity contribution >= 4 is 55.1 Å². The lowest BCUT2D eigenvalue weighted by atomic mass is 9.98. The van der Waals surface area contributed by atoms with Crippen LogP contribution >= 0.6 is 23.2 Å². The molecule has 0 bridgehead atoms. The first-order chi connectivity index (χ1) is 21.7. The van der Waals surface area contributed by atoms with Crippen molar-refractivity contribution in [1.29, 1.82) is 0 Å². The molecule has 0 saturated carbocycles. The average Bonchev–Trinajstić information content (AvgIpc) is 3.38. The SMILES string of the molecule is CNC(=O)c1cc(-n2c(N[Si@@H](C)c3ccc(OC(F)(F)F)cc3)nc3c(c2=O)C[C@@H](C)N(C(=O)c2ccc(Cl)c(Cl)c2)C3)nn1C. The molecule has 1 aliphatic rings. The molecule has 0 saturated heterocycles. The molecule has 3 heterocycles. The summed E-state index contributed by atoms with van der Waals surface area (Å²) < 4.78 is 44.6. The lowest BCUT2D eigenvalue weighted by Crippen LogP contribution is -2.46. The Bertz CT molecular complexity index is 1880. The van der Waals surface area contributed by atoms with E-state index in [1.54, 1.807) is 18.0 Å². The Morgan fingerprint density at radius 2 is 1.78 bits per heavy atom. The van der Waals surface area contributed by atoms with E-state index in [0.717, 1.165) is 0 Å². The first-order valence-corrected chi connectivity index (χ1v) is 17.0. The molecule has 242 valence electrons. The second kappa shape index (κ2) is 12.8. The van der Waals surface area contributed by atoms with Crippen LogP contribution in [0.1, 0.15) is 39.0 Å². The maximum absolute atomic E-state index is 14.2. The van der Waals surface area contributed by atoms with Crippen molar-refractivity contribution in [3.05, 3.63) is 91.4 Å². The van der Waals surface area contributed by atoms with E-state index in [2.05, 4.69) is 20.1 Å². The molecule has 46 heavy (non-hydrogen) atoms. The van der Waals surface area contributed by atoms with E-state index < -0.39 is 26.8 Å². The molecule has 2 atom stereocenters. The summed E-state index contributed by atoms with van der Waals surface area (Å²) in [7, 11) is 0.795. The predicted molar refractivity (Wildman–Crippen MR) is 169 cm³/mol. The van der Waals surface area contributed by atoms with Crippen LogP contribution in [0.4, 0.5) is 19.1 Å². The number of halogens is 5. The zero-order chi connectivity index (χ0) is 33.5. The zero-order valence-corrected chi connectivity index (χ0v) is 27.6. The molecule has 0 fully saturated rings. The highest BCUT2D eigenvalue weighted by Crippen LogP contribution is 2.28. The van der Waals surface area contributed by atoms with Crippen LogP contribution in [-0.2, 0) is 20.0 Å². The first-order valence-electron chi connectivity index (χ1n) is 14.0. The number of carbonyl (C=O) groups excluding carboxylic acids is 2. The fraction of sp³-hybridized carbons (Fsp3) is 0.276. The Hall–Kier alpha value is -4.34. The summed E-state index contributed by atoms with van der Waals surface area (Å²) in [4.78, 5) is 49.8. The van der Waals surface area contributed by atoms with Crippen molar-refractivity contribution in [3.8, 4) is 11.6 Å². The number of nitrogens with one attached hydrogen (secondary N) is 2. The molecule has 0 aliphatic carbocycles. The van der Waals surface area contributed by atoms with Crippen molar-refractivity contribution in [3.63, 3.8) is 0 Å². The first kappa shape index (κ1) is 33.0. The number of carbonyl (C=O) groups is 2. The minimum atomic E-state index is -4.82. The number of rotatable bonds is 7. The smallest absolute Gasteiger partial charge is 0.406 e. The zero-order valence-electron chi connectivity index (χ0n) is 24.9. The number of alkyl halides is 3. The topological polar surface area (TPSA) is 123 Å². The van der Waals surface area contributed by atoms with Crippen LogP contribution in [0.5, 0.6) is 5.75 Å². The summed E-state index contributed by atoms with van der Waals surface area (Å²) >= 11 is 12.2. The number of ether oxygens (including phenoxy) is 1. The van der Waals surface area contributed by atoms with Gasteiger partial charge < -0.3 is 19.9 Å². The van der Waals surface area contributed by atoms with Gasteiger partial charge in [0.15, 0.2) is 14.8 Å². The van der Waals surface area contributed by atoms with Crippen LogP contribution < -0.4 is 25.8 Å². The van der Waals surface area contributed by atoms with Gasteiger partial charge in [-0.15, -0.1) is 13.2 Å². The summed E-state index contributed by atoms with van der Waals surface area (Å²) in [6.45, 7) is 3.71. The van der Waals surface area contributed by atoms with Crippen molar-refractivity contribution in [2.75, 3.05) is 12.0 Å². The molecule has 2 aromatic heterocycles. The standard InChI is InChI=1S/C29H28Cl2F3N7O4Si/c1-15-11-19-22(14-40(15)26(43)16-5-10-20(30)21(31)12-16)36-28(38-46(4)18-8-6-17(7-9-18)45-29(32,33)34)41(27(19)44)24-13-23(25(42)35-2)39(3)37-24/h5-10,12-13,15,46H,11,14H2,1-4H3,(H,35,42)(H,36,38)/t15-,46+/m1/s1. The maximum atomic E-state index is 14.2. The van der Waals surface area contributed by atoms with Gasteiger partial charge in [-0.25, -0.2) is 9.55 Å². The molecule has 17 heteroatoms. The van der Waals surface area contributed by atoms with E-state index >= 15 is 0 Å². The largest absolute Gasteiger partial charge is 0.573 e. The number of amides is 2. The molecule has 2 aromatic carbocycles. The number of hydrogen-bond donors (Lipinski definition) is 2. The van der Waals surface area contributed by atoms with Gasteiger partial charge >= 0.3 is 6.36 Å². The molecule has 1 aliphatic heterocycles.